The highest BCUT2D eigenvalue weighted by Gasteiger charge is 2.23. The summed E-state index contributed by atoms with van der Waals surface area (Å²) in [6.07, 6.45) is 1.90. The highest BCUT2D eigenvalue weighted by atomic mass is 16.5. The van der Waals surface area contributed by atoms with Crippen molar-refractivity contribution in [1.29, 1.82) is 0 Å². The third kappa shape index (κ3) is 5.69. The van der Waals surface area contributed by atoms with Gasteiger partial charge in [0.05, 0.1) is 0 Å². The summed E-state index contributed by atoms with van der Waals surface area (Å²) >= 11 is 0. The zero-order chi connectivity index (χ0) is 14.3. The van der Waals surface area contributed by atoms with E-state index in [0.717, 1.165) is 12.8 Å². The monoisotopic (exact) mass is 272 g/mol. The van der Waals surface area contributed by atoms with Crippen molar-refractivity contribution in [3.8, 4) is 0 Å². The molecule has 0 radical (unpaired) electrons. The molecule has 0 spiro atoms. The Balaban J connectivity index is 2.23. The Morgan fingerprint density at radius 2 is 1.89 bits per heavy atom. The van der Waals surface area contributed by atoms with Crippen LogP contribution in [0.15, 0.2) is 0 Å². The topological polar surface area (TPSA) is 95.9 Å². The standard InChI is InChI=1S/C12H20N2O5/c1-2-10(15)13-9-3-5-14(6-4-9)11(16)7-19-8-12(17)18/h9H,2-8H2,1H3,(H,13,15)(H,17,18). The third-order valence-electron chi connectivity index (χ3n) is 2.98. The van der Waals surface area contributed by atoms with Crippen molar-refractivity contribution < 1.29 is 24.2 Å². The summed E-state index contributed by atoms with van der Waals surface area (Å²) in [5.74, 6) is -1.27. The molecule has 1 heterocycles. The first kappa shape index (κ1) is 15.4. The summed E-state index contributed by atoms with van der Waals surface area (Å²) in [7, 11) is 0. The number of hydrogen-bond acceptors (Lipinski definition) is 4. The minimum atomic E-state index is -1.09. The van der Waals surface area contributed by atoms with Crippen molar-refractivity contribution in [3.63, 3.8) is 0 Å². The van der Waals surface area contributed by atoms with Crippen LogP contribution in [0, 0.1) is 0 Å². The molecule has 1 aliphatic heterocycles. The lowest BCUT2D eigenvalue weighted by molar-refractivity contribution is -0.146. The number of carbonyl (C=O) groups excluding carboxylic acids is 2. The van der Waals surface area contributed by atoms with Gasteiger partial charge in [0.2, 0.25) is 11.8 Å². The molecular formula is C12H20N2O5. The van der Waals surface area contributed by atoms with Gasteiger partial charge in [-0.05, 0) is 12.8 Å². The molecule has 1 rings (SSSR count). The summed E-state index contributed by atoms with van der Waals surface area (Å²) < 4.78 is 4.76. The smallest absolute Gasteiger partial charge is 0.329 e. The van der Waals surface area contributed by atoms with E-state index in [1.807, 2.05) is 0 Å². The van der Waals surface area contributed by atoms with E-state index >= 15 is 0 Å². The van der Waals surface area contributed by atoms with Crippen LogP contribution in [-0.4, -0.2) is 60.1 Å². The maximum atomic E-state index is 11.7. The Morgan fingerprint density at radius 3 is 2.42 bits per heavy atom. The summed E-state index contributed by atoms with van der Waals surface area (Å²) in [5, 5.41) is 11.3. The molecule has 0 bridgehead atoms. The van der Waals surface area contributed by atoms with Gasteiger partial charge < -0.3 is 20.1 Å². The van der Waals surface area contributed by atoms with Gasteiger partial charge in [0.15, 0.2) is 0 Å². The number of rotatable bonds is 6. The molecule has 0 atom stereocenters. The van der Waals surface area contributed by atoms with E-state index in [-0.39, 0.29) is 24.5 Å². The quantitative estimate of drug-likeness (QED) is 0.686. The third-order valence-corrected chi connectivity index (χ3v) is 2.98. The lowest BCUT2D eigenvalue weighted by Gasteiger charge is -2.32. The average molecular weight is 272 g/mol. The lowest BCUT2D eigenvalue weighted by atomic mass is 10.0. The van der Waals surface area contributed by atoms with Crippen molar-refractivity contribution in [2.45, 2.75) is 32.2 Å². The van der Waals surface area contributed by atoms with Crippen molar-refractivity contribution >= 4 is 17.8 Å². The van der Waals surface area contributed by atoms with E-state index in [0.29, 0.717) is 19.5 Å². The van der Waals surface area contributed by atoms with Crippen LogP contribution in [0.5, 0.6) is 0 Å². The average Bonchev–Trinajstić information content (AvgIpc) is 2.38. The number of nitrogens with zero attached hydrogens (tertiary/aromatic N) is 1. The summed E-state index contributed by atoms with van der Waals surface area (Å²) in [5.41, 5.74) is 0. The second-order valence-electron chi connectivity index (χ2n) is 4.46. The molecule has 2 N–H and O–H groups in total. The fourth-order valence-corrected chi connectivity index (χ4v) is 1.92. The molecule has 0 aromatic heterocycles. The van der Waals surface area contributed by atoms with Gasteiger partial charge in [0.1, 0.15) is 13.2 Å². The van der Waals surface area contributed by atoms with E-state index in [4.69, 9.17) is 9.84 Å². The fourth-order valence-electron chi connectivity index (χ4n) is 1.92. The van der Waals surface area contributed by atoms with Crippen molar-refractivity contribution in [2.75, 3.05) is 26.3 Å². The number of aliphatic carboxylic acids is 1. The van der Waals surface area contributed by atoms with E-state index in [2.05, 4.69) is 5.32 Å². The van der Waals surface area contributed by atoms with E-state index in [9.17, 15) is 14.4 Å². The molecule has 0 saturated carbocycles. The Bertz CT molecular complexity index is 337. The zero-order valence-corrected chi connectivity index (χ0v) is 11.1. The number of likely N-dealkylation sites (tertiary alicyclic amines) is 1. The minimum Gasteiger partial charge on any atom is -0.480 e. The Hall–Kier alpha value is -1.63. The zero-order valence-electron chi connectivity index (χ0n) is 11.1. The SMILES string of the molecule is CCC(=O)NC1CCN(C(=O)COCC(=O)O)CC1. The summed E-state index contributed by atoms with van der Waals surface area (Å²) in [6, 6.07) is 0.122. The molecule has 0 aliphatic carbocycles. The normalized spacial score (nSPS) is 16.2. The van der Waals surface area contributed by atoms with Crippen LogP contribution in [0.1, 0.15) is 26.2 Å². The lowest BCUT2D eigenvalue weighted by Crippen LogP contribution is -2.47. The number of piperidine rings is 1. The van der Waals surface area contributed by atoms with E-state index in [1.54, 1.807) is 11.8 Å². The van der Waals surface area contributed by atoms with Crippen LogP contribution in [0.4, 0.5) is 0 Å². The molecule has 0 unspecified atom stereocenters. The van der Waals surface area contributed by atoms with Gasteiger partial charge >= 0.3 is 5.97 Å². The number of amides is 2. The Kier molecular flexibility index (Phi) is 6.27. The number of ether oxygens (including phenoxy) is 1. The largest absolute Gasteiger partial charge is 0.480 e. The first-order chi connectivity index (χ1) is 9.02. The van der Waals surface area contributed by atoms with Gasteiger partial charge in [-0.1, -0.05) is 6.92 Å². The molecule has 108 valence electrons. The molecule has 7 heteroatoms. The molecule has 1 aliphatic rings. The molecule has 7 nitrogen and oxygen atoms in total. The first-order valence-electron chi connectivity index (χ1n) is 6.39. The van der Waals surface area contributed by atoms with Gasteiger partial charge in [-0.3, -0.25) is 9.59 Å². The summed E-state index contributed by atoms with van der Waals surface area (Å²) in [6.45, 7) is 2.24. The van der Waals surface area contributed by atoms with Crippen LogP contribution in [0.3, 0.4) is 0 Å². The van der Waals surface area contributed by atoms with Crippen molar-refractivity contribution in [2.24, 2.45) is 0 Å². The second-order valence-corrected chi connectivity index (χ2v) is 4.46. The van der Waals surface area contributed by atoms with E-state index in [1.165, 1.54) is 0 Å². The van der Waals surface area contributed by atoms with Gasteiger partial charge in [-0.15, -0.1) is 0 Å². The van der Waals surface area contributed by atoms with Crippen LogP contribution in [0.2, 0.25) is 0 Å². The molecule has 19 heavy (non-hydrogen) atoms. The number of carboxylic acids is 1. The molecule has 0 aromatic rings. The van der Waals surface area contributed by atoms with Crippen LogP contribution in [0.25, 0.3) is 0 Å². The minimum absolute atomic E-state index is 0.0227. The maximum absolute atomic E-state index is 11.7. The maximum Gasteiger partial charge on any atom is 0.329 e. The Labute approximate surface area is 111 Å². The fraction of sp³-hybridized carbons (Fsp3) is 0.750. The highest BCUT2D eigenvalue weighted by molar-refractivity contribution is 5.78. The molecule has 2 amide bonds. The van der Waals surface area contributed by atoms with Crippen molar-refractivity contribution in [1.82, 2.24) is 10.2 Å². The first-order valence-corrected chi connectivity index (χ1v) is 6.39. The van der Waals surface area contributed by atoms with Crippen molar-refractivity contribution in [3.05, 3.63) is 0 Å². The van der Waals surface area contributed by atoms with Gasteiger partial charge in [0, 0.05) is 25.6 Å². The van der Waals surface area contributed by atoms with Gasteiger partial charge in [-0.2, -0.15) is 0 Å². The second kappa shape index (κ2) is 7.73. The number of hydrogen-bond donors (Lipinski definition) is 2. The van der Waals surface area contributed by atoms with Crippen LogP contribution in [-0.2, 0) is 19.1 Å². The van der Waals surface area contributed by atoms with Crippen LogP contribution >= 0.6 is 0 Å². The number of carbonyl (C=O) groups is 3. The summed E-state index contributed by atoms with van der Waals surface area (Å²) in [4.78, 5) is 34.8. The molecule has 1 saturated heterocycles. The van der Waals surface area contributed by atoms with E-state index < -0.39 is 12.6 Å². The molecule has 0 aromatic carbocycles. The molecular weight excluding hydrogens is 252 g/mol. The van der Waals surface area contributed by atoms with Gasteiger partial charge in [0.25, 0.3) is 0 Å². The molecule has 1 fully saturated rings. The van der Waals surface area contributed by atoms with Gasteiger partial charge in [-0.25, -0.2) is 4.79 Å². The highest BCUT2D eigenvalue weighted by Crippen LogP contribution is 2.10. The van der Waals surface area contributed by atoms with Crippen LogP contribution < -0.4 is 5.32 Å². The number of nitrogens with one attached hydrogen (secondary N) is 1. The number of carboxylic acid groups (broad SMARTS) is 1. The predicted octanol–water partition coefficient (Wildman–Crippen LogP) is -0.395. The predicted molar refractivity (Wildman–Crippen MR) is 66.5 cm³/mol. The Morgan fingerprint density at radius 1 is 1.26 bits per heavy atom.